The summed E-state index contributed by atoms with van der Waals surface area (Å²) in [5, 5.41) is 4.18. The average Bonchev–Trinajstić information content (AvgIpc) is 3.50. The molecule has 1 aromatic heterocycles. The first-order valence-electron chi connectivity index (χ1n) is 16.9. The number of nitrogen functional groups attached to an aromatic ring is 1. The topological polar surface area (TPSA) is 133 Å². The highest BCUT2D eigenvalue weighted by Crippen LogP contribution is 2.38. The standard InChI is InChI=1S/C34H42ClF3N8O4/c1-42-11-7-24(8-12-42)43-15-17-44(18-16-43)31(47)28(21-22-19-26(34(36,37)38)29(39)27(35)20-22)50-33(49)45-13-9-25(10-14-45)46-32(48)40-30(41-46)23-5-3-2-4-6-23/h2-6,19-20,24-25,28H,7-18,21,39H2,1H3,(H,40,41,48). The summed E-state index contributed by atoms with van der Waals surface area (Å²) in [5.74, 6) is -0.0308. The number of nitrogens with one attached hydrogen (secondary N) is 1. The normalized spacial score (nSPS) is 19.5. The molecule has 270 valence electrons. The van der Waals surface area contributed by atoms with Crippen LogP contribution in [0.2, 0.25) is 5.02 Å². The molecular formula is C34H42ClF3N8O4. The van der Waals surface area contributed by atoms with E-state index in [0.29, 0.717) is 50.9 Å². The molecule has 0 saturated carbocycles. The van der Waals surface area contributed by atoms with Gasteiger partial charge in [0.2, 0.25) is 0 Å². The molecule has 50 heavy (non-hydrogen) atoms. The van der Waals surface area contributed by atoms with E-state index in [-0.39, 0.29) is 41.8 Å². The van der Waals surface area contributed by atoms with Crippen LogP contribution >= 0.6 is 11.6 Å². The number of carbonyl (C=O) groups excluding carboxylic acids is 2. The van der Waals surface area contributed by atoms with Crippen LogP contribution < -0.4 is 11.4 Å². The van der Waals surface area contributed by atoms with Gasteiger partial charge in [-0.25, -0.2) is 14.3 Å². The van der Waals surface area contributed by atoms with Gasteiger partial charge in [0.05, 0.1) is 22.3 Å². The molecule has 0 bridgehead atoms. The van der Waals surface area contributed by atoms with Gasteiger partial charge in [-0.15, -0.1) is 5.10 Å². The summed E-state index contributed by atoms with van der Waals surface area (Å²) < 4.78 is 48.6. The Kier molecular flexibility index (Phi) is 10.7. The van der Waals surface area contributed by atoms with E-state index in [2.05, 4.69) is 26.9 Å². The summed E-state index contributed by atoms with van der Waals surface area (Å²) in [7, 11) is 2.10. The van der Waals surface area contributed by atoms with Crippen LogP contribution in [-0.2, 0) is 22.1 Å². The molecule has 1 atom stereocenters. The third kappa shape index (κ3) is 8.10. The highest BCUT2D eigenvalue weighted by atomic mass is 35.5. The van der Waals surface area contributed by atoms with Gasteiger partial charge in [0.15, 0.2) is 11.9 Å². The summed E-state index contributed by atoms with van der Waals surface area (Å²) in [5.41, 5.74) is 4.41. The first-order chi connectivity index (χ1) is 23.9. The molecule has 0 spiro atoms. The summed E-state index contributed by atoms with van der Waals surface area (Å²) in [6, 6.07) is 11.5. The van der Waals surface area contributed by atoms with Crippen LogP contribution in [0.3, 0.4) is 0 Å². The number of amides is 2. The smallest absolute Gasteiger partial charge is 0.418 e. The summed E-state index contributed by atoms with van der Waals surface area (Å²) in [4.78, 5) is 50.7. The van der Waals surface area contributed by atoms with E-state index in [4.69, 9.17) is 22.1 Å². The van der Waals surface area contributed by atoms with E-state index in [1.165, 1.54) is 15.6 Å². The fourth-order valence-corrected chi connectivity index (χ4v) is 7.33. The number of alkyl halides is 3. The summed E-state index contributed by atoms with van der Waals surface area (Å²) in [6.45, 7) is 4.59. The second-order valence-electron chi connectivity index (χ2n) is 13.3. The molecule has 3 N–H and O–H groups in total. The Morgan fingerprint density at radius 1 is 0.960 bits per heavy atom. The highest BCUT2D eigenvalue weighted by Gasteiger charge is 2.37. The van der Waals surface area contributed by atoms with Crippen molar-refractivity contribution in [3.05, 3.63) is 69.1 Å². The minimum absolute atomic E-state index is 0.0680. The fourth-order valence-electron chi connectivity index (χ4n) is 7.09. The predicted molar refractivity (Wildman–Crippen MR) is 182 cm³/mol. The van der Waals surface area contributed by atoms with Crippen LogP contribution in [-0.4, -0.2) is 118 Å². The Bertz CT molecular complexity index is 1710. The number of aromatic nitrogens is 3. The number of carbonyl (C=O) groups is 2. The van der Waals surface area contributed by atoms with E-state index in [0.717, 1.165) is 37.6 Å². The lowest BCUT2D eigenvalue weighted by Gasteiger charge is -2.42. The monoisotopic (exact) mass is 718 g/mol. The van der Waals surface area contributed by atoms with Crippen LogP contribution in [0.15, 0.2) is 47.3 Å². The maximum Gasteiger partial charge on any atom is 0.418 e. The van der Waals surface area contributed by atoms with Gasteiger partial charge in [-0.2, -0.15) is 13.2 Å². The maximum absolute atomic E-state index is 13.9. The minimum Gasteiger partial charge on any atom is -0.436 e. The fraction of sp³-hybridized carbons (Fsp3) is 0.529. The number of hydrogen-bond donors (Lipinski definition) is 2. The van der Waals surface area contributed by atoms with Gasteiger partial charge in [-0.05, 0) is 63.5 Å². The molecule has 6 rings (SSSR count). The van der Waals surface area contributed by atoms with Gasteiger partial charge in [-0.3, -0.25) is 14.7 Å². The van der Waals surface area contributed by atoms with Crippen molar-refractivity contribution >= 4 is 29.3 Å². The molecule has 3 saturated heterocycles. The number of nitrogens with two attached hydrogens (primary N) is 1. The first-order valence-corrected chi connectivity index (χ1v) is 17.3. The zero-order chi connectivity index (χ0) is 35.6. The Balaban J connectivity index is 1.14. The van der Waals surface area contributed by atoms with Crippen molar-refractivity contribution in [1.29, 1.82) is 0 Å². The lowest BCUT2D eigenvalue weighted by atomic mass is 10.0. The number of aromatic amines is 1. The average molecular weight is 719 g/mol. The number of H-pyrrole nitrogens is 1. The Morgan fingerprint density at radius 2 is 1.60 bits per heavy atom. The van der Waals surface area contributed by atoms with Crippen molar-refractivity contribution in [3.63, 3.8) is 0 Å². The van der Waals surface area contributed by atoms with Gasteiger partial charge in [-0.1, -0.05) is 41.9 Å². The molecular weight excluding hydrogens is 677 g/mol. The Labute approximate surface area is 292 Å². The Hall–Kier alpha value is -4.08. The molecule has 4 heterocycles. The SMILES string of the molecule is CN1CCC(N2CCN(C(=O)C(Cc3cc(Cl)c(N)c(C(F)(F)F)c3)OC(=O)N3CCC(n4nc(-c5ccccc5)[nH]c4=O)CC3)CC2)CC1. The molecule has 3 aromatic rings. The number of benzene rings is 2. The molecule has 16 heteroatoms. The minimum atomic E-state index is -4.77. The van der Waals surface area contributed by atoms with Crippen LogP contribution in [0.25, 0.3) is 11.4 Å². The number of piperidine rings is 2. The number of hydrogen-bond acceptors (Lipinski definition) is 8. The van der Waals surface area contributed by atoms with Crippen molar-refractivity contribution in [2.75, 3.05) is 65.1 Å². The van der Waals surface area contributed by atoms with Crippen molar-refractivity contribution < 1.29 is 27.5 Å². The summed E-state index contributed by atoms with van der Waals surface area (Å²) >= 11 is 6.10. The zero-order valence-electron chi connectivity index (χ0n) is 27.9. The number of nitrogens with zero attached hydrogens (tertiary/aromatic N) is 6. The van der Waals surface area contributed by atoms with E-state index in [1.54, 1.807) is 4.90 Å². The molecule has 0 aliphatic carbocycles. The van der Waals surface area contributed by atoms with Gasteiger partial charge in [0.25, 0.3) is 5.91 Å². The second kappa shape index (κ2) is 15.0. The van der Waals surface area contributed by atoms with Crippen LogP contribution in [0, 0.1) is 0 Å². The molecule has 12 nitrogen and oxygen atoms in total. The second-order valence-corrected chi connectivity index (χ2v) is 13.7. The molecule has 3 aliphatic rings. The molecule has 1 unspecified atom stereocenters. The quantitative estimate of drug-likeness (QED) is 0.349. The number of rotatable bonds is 7. The lowest BCUT2D eigenvalue weighted by Crippen LogP contribution is -2.56. The highest BCUT2D eigenvalue weighted by molar-refractivity contribution is 6.33. The maximum atomic E-state index is 13.9. The third-order valence-electron chi connectivity index (χ3n) is 10.0. The van der Waals surface area contributed by atoms with Crippen LogP contribution in [0.4, 0.5) is 23.7 Å². The van der Waals surface area contributed by atoms with Gasteiger partial charge in [0, 0.05) is 57.3 Å². The van der Waals surface area contributed by atoms with Gasteiger partial charge >= 0.3 is 18.0 Å². The molecule has 0 radical (unpaired) electrons. The van der Waals surface area contributed by atoms with Crippen molar-refractivity contribution in [3.8, 4) is 11.4 Å². The number of halogens is 4. The van der Waals surface area contributed by atoms with E-state index in [1.807, 2.05) is 30.3 Å². The van der Waals surface area contributed by atoms with Gasteiger partial charge in [0.1, 0.15) is 0 Å². The van der Waals surface area contributed by atoms with Crippen molar-refractivity contribution in [2.45, 2.75) is 56.5 Å². The number of anilines is 1. The lowest BCUT2D eigenvalue weighted by molar-refractivity contribution is -0.143. The molecule has 3 aliphatic heterocycles. The third-order valence-corrected chi connectivity index (χ3v) is 10.3. The van der Waals surface area contributed by atoms with Crippen molar-refractivity contribution in [2.24, 2.45) is 0 Å². The predicted octanol–water partition coefficient (Wildman–Crippen LogP) is 4.12. The number of piperazine rings is 1. The van der Waals surface area contributed by atoms with E-state index < -0.39 is 35.5 Å². The Morgan fingerprint density at radius 3 is 2.24 bits per heavy atom. The largest absolute Gasteiger partial charge is 0.436 e. The van der Waals surface area contributed by atoms with Crippen LogP contribution in [0.1, 0.15) is 42.9 Å². The number of likely N-dealkylation sites (tertiary alicyclic amines) is 2. The summed E-state index contributed by atoms with van der Waals surface area (Å²) in [6.07, 6.45) is -4.32. The van der Waals surface area contributed by atoms with Crippen LogP contribution in [0.5, 0.6) is 0 Å². The van der Waals surface area contributed by atoms with E-state index >= 15 is 0 Å². The zero-order valence-corrected chi connectivity index (χ0v) is 28.6. The van der Waals surface area contributed by atoms with E-state index in [9.17, 15) is 27.6 Å². The molecule has 3 fully saturated rings. The first kappa shape index (κ1) is 35.7. The van der Waals surface area contributed by atoms with Crippen molar-refractivity contribution in [1.82, 2.24) is 34.4 Å². The molecule has 2 aromatic carbocycles. The number of ether oxygens (including phenoxy) is 1. The van der Waals surface area contributed by atoms with Gasteiger partial charge < -0.3 is 25.2 Å². The molecule has 2 amide bonds.